The highest BCUT2D eigenvalue weighted by molar-refractivity contribution is 9.10. The van der Waals surface area contributed by atoms with Crippen molar-refractivity contribution in [1.82, 2.24) is 0 Å². The average molecular weight is 300 g/mol. The molecule has 0 radical (unpaired) electrons. The topological polar surface area (TPSA) is 0 Å². The van der Waals surface area contributed by atoms with Gasteiger partial charge in [-0.15, -0.1) is 0 Å². The predicted octanol–water partition coefficient (Wildman–Crippen LogP) is 5.08. The highest BCUT2D eigenvalue weighted by Crippen LogP contribution is 2.57. The van der Waals surface area contributed by atoms with Gasteiger partial charge in [0.25, 0.3) is 0 Å². The maximum Gasteiger partial charge on any atom is 0.0443 e. The van der Waals surface area contributed by atoms with Gasteiger partial charge >= 0.3 is 0 Å². The second-order valence-electron chi connectivity index (χ2n) is 5.41. The maximum absolute atomic E-state index is 6.37. The monoisotopic (exact) mass is 298 g/mol. The molecule has 0 N–H and O–H groups in total. The average Bonchev–Trinajstić information content (AvgIpc) is 2.31. The molecule has 0 atom stereocenters. The van der Waals surface area contributed by atoms with Gasteiger partial charge in [-0.25, -0.2) is 0 Å². The zero-order valence-electron chi connectivity index (χ0n) is 9.31. The summed E-state index contributed by atoms with van der Waals surface area (Å²) >= 11 is 10.3. The van der Waals surface area contributed by atoms with Crippen LogP contribution in [-0.2, 0) is 5.41 Å². The summed E-state index contributed by atoms with van der Waals surface area (Å²) in [5.41, 5.74) is 1.78. The lowest BCUT2D eigenvalue weighted by molar-refractivity contribution is 0.163. The van der Waals surface area contributed by atoms with Crippen LogP contribution >= 0.6 is 27.5 Å². The normalized spacial score (nSPS) is 37.6. The number of hydrogen-bond donors (Lipinski definition) is 0. The fourth-order valence-electron chi connectivity index (χ4n) is 3.44. The van der Waals surface area contributed by atoms with E-state index in [1.165, 1.54) is 44.1 Å². The molecule has 3 aliphatic rings. The van der Waals surface area contributed by atoms with Crippen LogP contribution in [0, 0.1) is 0 Å². The van der Waals surface area contributed by atoms with E-state index in [4.69, 9.17) is 11.6 Å². The first-order valence-corrected chi connectivity index (χ1v) is 7.25. The molecule has 3 saturated carbocycles. The Kier molecular flexibility index (Phi) is 2.60. The molecular formula is C14H16BrCl. The molecule has 0 amide bonds. The summed E-state index contributed by atoms with van der Waals surface area (Å²) in [7, 11) is 0. The lowest BCUT2D eigenvalue weighted by Crippen LogP contribution is -2.44. The number of alkyl halides is 1. The molecule has 0 unspecified atom stereocenters. The SMILES string of the molecule is Clc1ccccc1C12CCC(Br)(CC1)CC2. The summed E-state index contributed by atoms with van der Waals surface area (Å²) < 4.78 is 0.454. The molecule has 86 valence electrons. The van der Waals surface area contributed by atoms with E-state index in [0.29, 0.717) is 9.74 Å². The van der Waals surface area contributed by atoms with Crippen LogP contribution < -0.4 is 0 Å². The third-order valence-corrected chi connectivity index (χ3v) is 6.12. The van der Waals surface area contributed by atoms with Crippen molar-refractivity contribution in [3.05, 3.63) is 34.9 Å². The van der Waals surface area contributed by atoms with Crippen LogP contribution in [0.25, 0.3) is 0 Å². The van der Waals surface area contributed by atoms with Gasteiger partial charge < -0.3 is 0 Å². The maximum atomic E-state index is 6.37. The largest absolute Gasteiger partial charge is 0.0853 e. The van der Waals surface area contributed by atoms with Gasteiger partial charge in [-0.05, 0) is 55.6 Å². The summed E-state index contributed by atoms with van der Waals surface area (Å²) in [6, 6.07) is 8.43. The third-order valence-electron chi connectivity index (χ3n) is 4.60. The van der Waals surface area contributed by atoms with Crippen molar-refractivity contribution in [2.75, 3.05) is 0 Å². The summed E-state index contributed by atoms with van der Waals surface area (Å²) in [4.78, 5) is 0. The molecule has 0 spiro atoms. The highest BCUT2D eigenvalue weighted by atomic mass is 79.9. The van der Waals surface area contributed by atoms with Gasteiger partial charge in [-0.2, -0.15) is 0 Å². The standard InChI is InChI=1S/C14H16BrCl/c15-14-8-5-13(6-9-14,7-10-14)11-3-1-2-4-12(11)16/h1-4H,5-10H2. The molecule has 4 rings (SSSR count). The minimum Gasteiger partial charge on any atom is -0.0853 e. The van der Waals surface area contributed by atoms with Crippen LogP contribution in [0.2, 0.25) is 5.02 Å². The van der Waals surface area contributed by atoms with Gasteiger partial charge in [0, 0.05) is 9.35 Å². The minimum absolute atomic E-state index is 0.383. The number of hydrogen-bond acceptors (Lipinski definition) is 0. The molecule has 2 heteroatoms. The van der Waals surface area contributed by atoms with Crippen molar-refractivity contribution in [3.63, 3.8) is 0 Å². The molecule has 0 aliphatic heterocycles. The number of rotatable bonds is 1. The van der Waals surface area contributed by atoms with Crippen molar-refractivity contribution >= 4 is 27.5 Å². The highest BCUT2D eigenvalue weighted by Gasteiger charge is 2.48. The smallest absolute Gasteiger partial charge is 0.0443 e. The molecular weight excluding hydrogens is 284 g/mol. The summed E-state index contributed by atoms with van der Waals surface area (Å²) in [6.07, 6.45) is 7.79. The molecule has 3 fully saturated rings. The Morgan fingerprint density at radius 1 is 0.938 bits per heavy atom. The second-order valence-corrected chi connectivity index (χ2v) is 7.50. The van der Waals surface area contributed by atoms with Crippen LogP contribution in [0.1, 0.15) is 44.1 Å². The lowest BCUT2D eigenvalue weighted by atomic mass is 9.58. The Morgan fingerprint density at radius 2 is 1.50 bits per heavy atom. The lowest BCUT2D eigenvalue weighted by Gasteiger charge is -2.51. The first-order valence-electron chi connectivity index (χ1n) is 6.08. The van der Waals surface area contributed by atoms with Crippen LogP contribution in [0.3, 0.4) is 0 Å². The van der Waals surface area contributed by atoms with Gasteiger partial charge in [-0.3, -0.25) is 0 Å². The fraction of sp³-hybridized carbons (Fsp3) is 0.571. The van der Waals surface area contributed by atoms with E-state index >= 15 is 0 Å². The molecule has 0 saturated heterocycles. The predicted molar refractivity (Wildman–Crippen MR) is 72.5 cm³/mol. The molecule has 3 aliphatic carbocycles. The van der Waals surface area contributed by atoms with Crippen LogP contribution in [0.5, 0.6) is 0 Å². The van der Waals surface area contributed by atoms with E-state index in [9.17, 15) is 0 Å². The third kappa shape index (κ3) is 1.64. The Morgan fingerprint density at radius 3 is 2.06 bits per heavy atom. The van der Waals surface area contributed by atoms with Gasteiger partial charge in [0.2, 0.25) is 0 Å². The zero-order valence-corrected chi connectivity index (χ0v) is 11.6. The Balaban J connectivity index is 1.99. The minimum atomic E-state index is 0.383. The van der Waals surface area contributed by atoms with E-state index in [1.807, 2.05) is 12.1 Å². The molecule has 16 heavy (non-hydrogen) atoms. The molecule has 1 aromatic rings. The Bertz CT molecular complexity index is 388. The zero-order chi connectivity index (χ0) is 11.2. The van der Waals surface area contributed by atoms with Crippen molar-refractivity contribution in [1.29, 1.82) is 0 Å². The molecule has 1 aromatic carbocycles. The number of fused-ring (bicyclic) bond motifs is 3. The van der Waals surface area contributed by atoms with Crippen LogP contribution in [-0.4, -0.2) is 4.32 Å². The quantitative estimate of drug-likeness (QED) is 0.634. The summed E-state index contributed by atoms with van der Waals surface area (Å²) in [5.74, 6) is 0. The first kappa shape index (κ1) is 11.1. The van der Waals surface area contributed by atoms with Gasteiger partial charge in [-0.1, -0.05) is 45.7 Å². The summed E-state index contributed by atoms with van der Waals surface area (Å²) in [6.45, 7) is 0. The molecule has 0 heterocycles. The second kappa shape index (κ2) is 3.74. The molecule has 0 aromatic heterocycles. The first-order chi connectivity index (χ1) is 7.64. The Labute approximate surface area is 111 Å². The number of halogens is 2. The summed E-state index contributed by atoms with van der Waals surface area (Å²) in [5, 5.41) is 0.964. The van der Waals surface area contributed by atoms with Gasteiger partial charge in [0.15, 0.2) is 0 Å². The van der Waals surface area contributed by atoms with Crippen LogP contribution in [0.4, 0.5) is 0 Å². The van der Waals surface area contributed by atoms with E-state index in [2.05, 4.69) is 28.1 Å². The molecule has 2 bridgehead atoms. The number of benzene rings is 1. The van der Waals surface area contributed by atoms with Crippen LogP contribution in [0.15, 0.2) is 24.3 Å². The van der Waals surface area contributed by atoms with E-state index < -0.39 is 0 Å². The van der Waals surface area contributed by atoms with E-state index in [0.717, 1.165) is 5.02 Å². The van der Waals surface area contributed by atoms with Crippen molar-refractivity contribution in [2.24, 2.45) is 0 Å². The molecule has 0 nitrogen and oxygen atoms in total. The van der Waals surface area contributed by atoms with Crippen molar-refractivity contribution in [2.45, 2.75) is 48.3 Å². The van der Waals surface area contributed by atoms with E-state index in [1.54, 1.807) is 0 Å². The van der Waals surface area contributed by atoms with E-state index in [-0.39, 0.29) is 0 Å². The fourth-order valence-corrected chi connectivity index (χ4v) is 4.37. The van der Waals surface area contributed by atoms with Crippen molar-refractivity contribution < 1.29 is 0 Å². The van der Waals surface area contributed by atoms with Crippen molar-refractivity contribution in [3.8, 4) is 0 Å². The van der Waals surface area contributed by atoms with Gasteiger partial charge in [0.1, 0.15) is 0 Å². The van der Waals surface area contributed by atoms with Gasteiger partial charge in [0.05, 0.1) is 0 Å². The Hall–Kier alpha value is -0.0100.